The number of nitrogens with zero attached hydrogens (tertiary/aromatic N) is 2. The maximum atomic E-state index is 12.2. The molecule has 8 heteroatoms. The van der Waals surface area contributed by atoms with Crippen LogP contribution in [0.4, 0.5) is 0 Å². The Balaban J connectivity index is 0.00000392. The summed E-state index contributed by atoms with van der Waals surface area (Å²) in [5.41, 5.74) is 0.985. The van der Waals surface area contributed by atoms with E-state index in [0.717, 1.165) is 42.5 Å². The Hall–Kier alpha value is -1.71. The third-order valence-corrected chi connectivity index (χ3v) is 4.58. The highest BCUT2D eigenvalue weighted by atomic mass is 127. The first-order chi connectivity index (χ1) is 13.0. The average molecular weight is 504 g/mol. The molecule has 158 valence electrons. The van der Waals surface area contributed by atoms with E-state index in [1.165, 1.54) is 0 Å². The van der Waals surface area contributed by atoms with Gasteiger partial charge in [0.1, 0.15) is 11.5 Å². The van der Waals surface area contributed by atoms with Gasteiger partial charge in [0.2, 0.25) is 5.91 Å². The van der Waals surface area contributed by atoms with Crippen LogP contribution in [-0.4, -0.2) is 56.7 Å². The highest BCUT2D eigenvalue weighted by Gasteiger charge is 2.27. The Morgan fingerprint density at radius 1 is 1.32 bits per heavy atom. The number of amides is 1. The van der Waals surface area contributed by atoms with E-state index in [1.54, 1.807) is 14.2 Å². The Labute approximate surface area is 185 Å². The van der Waals surface area contributed by atoms with Crippen molar-refractivity contribution < 1.29 is 14.3 Å². The third kappa shape index (κ3) is 6.72. The zero-order valence-electron chi connectivity index (χ0n) is 17.4. The number of halogens is 1. The number of carbonyl (C=O) groups excluding carboxylic acids is 1. The van der Waals surface area contributed by atoms with Crippen molar-refractivity contribution in [1.29, 1.82) is 0 Å². The maximum Gasteiger partial charge on any atom is 0.225 e. The molecule has 1 aromatic carbocycles. The Bertz CT molecular complexity index is 667. The topological polar surface area (TPSA) is 75.2 Å². The summed E-state index contributed by atoms with van der Waals surface area (Å²) in [7, 11) is 3.28. The van der Waals surface area contributed by atoms with Gasteiger partial charge in [-0.15, -0.1) is 24.0 Å². The molecular weight excluding hydrogens is 471 g/mol. The molecule has 0 saturated carbocycles. The van der Waals surface area contributed by atoms with Crippen molar-refractivity contribution in [3.63, 3.8) is 0 Å². The molecule has 0 radical (unpaired) electrons. The van der Waals surface area contributed by atoms with E-state index in [1.807, 2.05) is 43.9 Å². The molecule has 1 aromatic rings. The molecule has 0 aromatic heterocycles. The van der Waals surface area contributed by atoms with Gasteiger partial charge in [0.15, 0.2) is 5.96 Å². The summed E-state index contributed by atoms with van der Waals surface area (Å²) in [6.07, 6.45) is 0.925. The Kier molecular flexibility index (Phi) is 10.4. The summed E-state index contributed by atoms with van der Waals surface area (Å²) in [5, 5.41) is 6.73. The number of ether oxygens (including phenoxy) is 2. The van der Waals surface area contributed by atoms with E-state index in [4.69, 9.17) is 9.47 Å². The number of likely N-dealkylation sites (tertiary alicyclic amines) is 1. The van der Waals surface area contributed by atoms with Crippen LogP contribution >= 0.6 is 24.0 Å². The molecule has 2 N–H and O–H groups in total. The number of rotatable bonds is 7. The second-order valence-corrected chi connectivity index (χ2v) is 6.94. The maximum absolute atomic E-state index is 12.2. The normalized spacial score (nSPS) is 16.6. The number of methoxy groups -OCH3 is 2. The number of guanidine groups is 1. The lowest BCUT2D eigenvalue weighted by molar-refractivity contribution is -0.133. The fourth-order valence-corrected chi connectivity index (χ4v) is 3.10. The summed E-state index contributed by atoms with van der Waals surface area (Å²) in [4.78, 5) is 18.8. The van der Waals surface area contributed by atoms with Crippen molar-refractivity contribution in [2.45, 2.75) is 39.8 Å². The van der Waals surface area contributed by atoms with Gasteiger partial charge in [-0.25, -0.2) is 4.99 Å². The van der Waals surface area contributed by atoms with Gasteiger partial charge in [-0.3, -0.25) is 4.79 Å². The number of nitrogens with one attached hydrogen (secondary N) is 2. The lowest BCUT2D eigenvalue weighted by atomic mass is 10.2. The van der Waals surface area contributed by atoms with Gasteiger partial charge in [-0.05, 0) is 25.5 Å². The molecule has 0 bridgehead atoms. The number of carbonyl (C=O) groups is 1. The van der Waals surface area contributed by atoms with Gasteiger partial charge in [0, 0.05) is 43.2 Å². The first-order valence-corrected chi connectivity index (χ1v) is 9.53. The van der Waals surface area contributed by atoms with E-state index < -0.39 is 0 Å². The SMILES string of the molecule is CCNC(=NCc1ccc(OC)cc1OC)NC1CCN(C(=O)C(C)C)C1.I. The molecule has 28 heavy (non-hydrogen) atoms. The molecule has 1 heterocycles. The van der Waals surface area contributed by atoms with Crippen LogP contribution in [0.2, 0.25) is 0 Å². The standard InChI is InChI=1S/C20H32N4O3.HI/c1-6-21-20(23-16-9-10-24(13-16)19(25)14(2)3)22-12-15-7-8-17(26-4)11-18(15)27-5;/h7-8,11,14,16H,6,9-10,12-13H2,1-5H3,(H2,21,22,23);1H. The molecule has 1 amide bonds. The van der Waals surface area contributed by atoms with Crippen LogP contribution in [-0.2, 0) is 11.3 Å². The lowest BCUT2D eigenvalue weighted by Gasteiger charge is -2.20. The van der Waals surface area contributed by atoms with Crippen molar-refractivity contribution in [1.82, 2.24) is 15.5 Å². The molecule has 1 unspecified atom stereocenters. The predicted octanol–water partition coefficient (Wildman–Crippen LogP) is 2.63. The molecule has 1 aliphatic rings. The molecule has 1 atom stereocenters. The molecule has 2 rings (SSSR count). The molecule has 1 fully saturated rings. The second kappa shape index (κ2) is 12.0. The number of hydrogen-bond acceptors (Lipinski definition) is 4. The van der Waals surface area contributed by atoms with Gasteiger partial charge < -0.3 is 25.0 Å². The first kappa shape index (κ1) is 24.3. The van der Waals surface area contributed by atoms with E-state index >= 15 is 0 Å². The van der Waals surface area contributed by atoms with Crippen LogP contribution in [0.3, 0.4) is 0 Å². The molecule has 0 aliphatic carbocycles. The summed E-state index contributed by atoms with van der Waals surface area (Å²) in [6, 6.07) is 5.93. The van der Waals surface area contributed by atoms with Crippen LogP contribution in [0.5, 0.6) is 11.5 Å². The minimum absolute atomic E-state index is 0. The van der Waals surface area contributed by atoms with Gasteiger partial charge in [0.25, 0.3) is 0 Å². The zero-order valence-corrected chi connectivity index (χ0v) is 19.8. The molecular formula is C20H33IN4O3. The minimum Gasteiger partial charge on any atom is -0.497 e. The van der Waals surface area contributed by atoms with Crippen molar-refractivity contribution in [2.24, 2.45) is 10.9 Å². The molecule has 1 saturated heterocycles. The molecule has 1 aliphatic heterocycles. The lowest BCUT2D eigenvalue weighted by Crippen LogP contribution is -2.45. The molecule has 7 nitrogen and oxygen atoms in total. The van der Waals surface area contributed by atoms with Crippen LogP contribution in [0, 0.1) is 5.92 Å². The second-order valence-electron chi connectivity index (χ2n) is 6.94. The monoisotopic (exact) mass is 504 g/mol. The van der Waals surface area contributed by atoms with E-state index in [-0.39, 0.29) is 41.8 Å². The van der Waals surface area contributed by atoms with E-state index in [9.17, 15) is 4.79 Å². The fraction of sp³-hybridized carbons (Fsp3) is 0.600. The summed E-state index contributed by atoms with van der Waals surface area (Å²) < 4.78 is 10.7. The van der Waals surface area contributed by atoms with Crippen molar-refractivity contribution in [2.75, 3.05) is 33.9 Å². The van der Waals surface area contributed by atoms with Crippen molar-refractivity contribution in [3.8, 4) is 11.5 Å². The smallest absolute Gasteiger partial charge is 0.225 e. The van der Waals surface area contributed by atoms with Crippen molar-refractivity contribution >= 4 is 35.8 Å². The van der Waals surface area contributed by atoms with Crippen LogP contribution in [0.25, 0.3) is 0 Å². The van der Waals surface area contributed by atoms with E-state index in [0.29, 0.717) is 13.1 Å². The number of benzene rings is 1. The average Bonchev–Trinajstić information content (AvgIpc) is 3.13. The third-order valence-electron chi connectivity index (χ3n) is 4.58. The summed E-state index contributed by atoms with van der Waals surface area (Å²) in [6.45, 7) is 8.69. The van der Waals surface area contributed by atoms with Gasteiger partial charge in [-0.2, -0.15) is 0 Å². The first-order valence-electron chi connectivity index (χ1n) is 9.53. The van der Waals surface area contributed by atoms with E-state index in [2.05, 4.69) is 15.6 Å². The minimum atomic E-state index is 0. The Morgan fingerprint density at radius 2 is 2.07 bits per heavy atom. The van der Waals surface area contributed by atoms with Gasteiger partial charge in [0.05, 0.1) is 20.8 Å². The highest BCUT2D eigenvalue weighted by molar-refractivity contribution is 14.0. The van der Waals surface area contributed by atoms with Crippen molar-refractivity contribution in [3.05, 3.63) is 23.8 Å². The fourth-order valence-electron chi connectivity index (χ4n) is 3.10. The largest absolute Gasteiger partial charge is 0.497 e. The summed E-state index contributed by atoms with van der Waals surface area (Å²) >= 11 is 0. The van der Waals surface area contributed by atoms with Crippen LogP contribution in [0.15, 0.2) is 23.2 Å². The van der Waals surface area contributed by atoms with Gasteiger partial charge in [-0.1, -0.05) is 13.8 Å². The van der Waals surface area contributed by atoms with Crippen LogP contribution in [0.1, 0.15) is 32.8 Å². The number of aliphatic imine (C=N–C) groups is 1. The van der Waals surface area contributed by atoms with Crippen LogP contribution < -0.4 is 20.1 Å². The predicted molar refractivity (Wildman–Crippen MR) is 123 cm³/mol. The quantitative estimate of drug-likeness (QED) is 0.340. The zero-order chi connectivity index (χ0) is 19.8. The van der Waals surface area contributed by atoms with Gasteiger partial charge >= 0.3 is 0 Å². The number of hydrogen-bond donors (Lipinski definition) is 2. The highest BCUT2D eigenvalue weighted by Crippen LogP contribution is 2.25. The Morgan fingerprint density at radius 3 is 2.68 bits per heavy atom. The molecule has 0 spiro atoms. The summed E-state index contributed by atoms with van der Waals surface area (Å²) in [5.74, 6) is 2.51.